The molecular weight excluding hydrogens is 337 g/mol. The van der Waals surface area contributed by atoms with Gasteiger partial charge < -0.3 is 5.32 Å². The van der Waals surface area contributed by atoms with Crippen LogP contribution in [0.3, 0.4) is 0 Å². The van der Waals surface area contributed by atoms with Gasteiger partial charge in [-0.2, -0.15) is 0 Å². The first-order chi connectivity index (χ1) is 9.54. The maximum atomic E-state index is 12.9. The van der Waals surface area contributed by atoms with Gasteiger partial charge in [0.05, 0.1) is 0 Å². The molecule has 0 bridgehead atoms. The van der Waals surface area contributed by atoms with E-state index in [4.69, 9.17) is 0 Å². The maximum absolute atomic E-state index is 12.9. The Morgan fingerprint density at radius 1 is 1.15 bits per heavy atom. The van der Waals surface area contributed by atoms with E-state index in [1.807, 2.05) is 0 Å². The second-order valence-corrected chi connectivity index (χ2v) is 6.83. The lowest BCUT2D eigenvalue weighted by atomic mass is 10.2. The molecule has 0 unspecified atom stereocenters. The van der Waals surface area contributed by atoms with Gasteiger partial charge in [-0.15, -0.1) is 0 Å². The Morgan fingerprint density at radius 3 is 2.45 bits per heavy atom. The molecule has 0 atom stereocenters. The lowest BCUT2D eigenvalue weighted by Gasteiger charge is -2.10. The smallest absolute Gasteiger partial charge is 0.123 e. The highest BCUT2D eigenvalue weighted by atomic mass is 79.9. The third-order valence-corrected chi connectivity index (χ3v) is 4.75. The predicted octanol–water partition coefficient (Wildman–Crippen LogP) is 5.24. The van der Waals surface area contributed by atoms with E-state index in [0.717, 1.165) is 20.8 Å². The molecule has 106 valence electrons. The quantitative estimate of drug-likeness (QED) is 0.788. The molecule has 2 aromatic carbocycles. The van der Waals surface area contributed by atoms with Crippen molar-refractivity contribution < 1.29 is 4.39 Å². The molecule has 0 aliphatic rings. The standard InChI is InChI=1S/C16H17BrFNS/c1-11(2)19-10-12-3-8-16(15(17)9-12)20-14-6-4-13(18)5-7-14/h3-9,11,19H,10H2,1-2H3. The van der Waals surface area contributed by atoms with Crippen molar-refractivity contribution in [2.24, 2.45) is 0 Å². The average Bonchev–Trinajstić information content (AvgIpc) is 2.41. The molecule has 0 saturated heterocycles. The van der Waals surface area contributed by atoms with Gasteiger partial charge in [0.15, 0.2) is 0 Å². The number of halogens is 2. The summed E-state index contributed by atoms with van der Waals surface area (Å²) in [6.45, 7) is 5.12. The van der Waals surface area contributed by atoms with Crippen LogP contribution in [0.15, 0.2) is 56.7 Å². The summed E-state index contributed by atoms with van der Waals surface area (Å²) in [7, 11) is 0. The summed E-state index contributed by atoms with van der Waals surface area (Å²) in [6, 6.07) is 13.4. The summed E-state index contributed by atoms with van der Waals surface area (Å²) < 4.78 is 13.9. The van der Waals surface area contributed by atoms with Crippen LogP contribution in [-0.4, -0.2) is 6.04 Å². The van der Waals surface area contributed by atoms with Crippen molar-refractivity contribution in [3.05, 3.63) is 58.3 Å². The van der Waals surface area contributed by atoms with E-state index in [1.54, 1.807) is 23.9 Å². The molecule has 0 spiro atoms. The monoisotopic (exact) mass is 353 g/mol. The molecule has 0 aromatic heterocycles. The van der Waals surface area contributed by atoms with E-state index >= 15 is 0 Å². The second kappa shape index (κ2) is 7.25. The van der Waals surface area contributed by atoms with Crippen LogP contribution in [0.2, 0.25) is 0 Å². The van der Waals surface area contributed by atoms with Gasteiger partial charge in [0.1, 0.15) is 5.82 Å². The molecule has 0 aliphatic carbocycles. The zero-order chi connectivity index (χ0) is 14.5. The van der Waals surface area contributed by atoms with Crippen molar-refractivity contribution in [3.8, 4) is 0 Å². The van der Waals surface area contributed by atoms with Crippen LogP contribution in [0.5, 0.6) is 0 Å². The molecule has 4 heteroatoms. The first kappa shape index (κ1) is 15.5. The molecule has 0 radical (unpaired) electrons. The molecule has 0 heterocycles. The zero-order valence-corrected chi connectivity index (χ0v) is 13.9. The largest absolute Gasteiger partial charge is 0.310 e. The summed E-state index contributed by atoms with van der Waals surface area (Å²) in [5.74, 6) is -0.205. The SMILES string of the molecule is CC(C)NCc1ccc(Sc2ccc(F)cc2)c(Br)c1. The minimum Gasteiger partial charge on any atom is -0.310 e. The molecule has 1 N–H and O–H groups in total. The van der Waals surface area contributed by atoms with Crippen molar-refractivity contribution in [3.63, 3.8) is 0 Å². The van der Waals surface area contributed by atoms with Crippen LogP contribution in [0.25, 0.3) is 0 Å². The number of rotatable bonds is 5. The topological polar surface area (TPSA) is 12.0 Å². The van der Waals surface area contributed by atoms with E-state index in [1.165, 1.54) is 17.7 Å². The highest BCUT2D eigenvalue weighted by molar-refractivity contribution is 9.10. The van der Waals surface area contributed by atoms with Gasteiger partial charge in [0.2, 0.25) is 0 Å². The van der Waals surface area contributed by atoms with Crippen LogP contribution in [0, 0.1) is 5.82 Å². The van der Waals surface area contributed by atoms with E-state index in [2.05, 4.69) is 53.3 Å². The van der Waals surface area contributed by atoms with Gasteiger partial charge in [0.25, 0.3) is 0 Å². The Hall–Kier alpha value is -0.840. The van der Waals surface area contributed by atoms with Gasteiger partial charge in [-0.25, -0.2) is 4.39 Å². The Balaban J connectivity index is 2.07. The van der Waals surface area contributed by atoms with Crippen molar-refractivity contribution in [1.82, 2.24) is 5.32 Å². The normalized spacial score (nSPS) is 11.1. The minimum atomic E-state index is -0.205. The van der Waals surface area contributed by atoms with Crippen LogP contribution in [0.1, 0.15) is 19.4 Å². The molecule has 0 fully saturated rings. The van der Waals surface area contributed by atoms with Gasteiger partial charge in [-0.3, -0.25) is 0 Å². The Kier molecular flexibility index (Phi) is 5.64. The molecule has 2 aromatic rings. The Morgan fingerprint density at radius 2 is 1.85 bits per heavy atom. The van der Waals surface area contributed by atoms with Crippen molar-refractivity contribution in [1.29, 1.82) is 0 Å². The molecule has 0 amide bonds. The molecule has 2 rings (SSSR count). The molecule has 0 aliphatic heterocycles. The fourth-order valence-corrected chi connectivity index (χ4v) is 3.18. The Bertz CT molecular complexity index is 569. The number of hydrogen-bond acceptors (Lipinski definition) is 2. The van der Waals surface area contributed by atoms with Crippen molar-refractivity contribution >= 4 is 27.7 Å². The minimum absolute atomic E-state index is 0.205. The van der Waals surface area contributed by atoms with E-state index in [-0.39, 0.29) is 5.82 Å². The number of benzene rings is 2. The van der Waals surface area contributed by atoms with Gasteiger partial charge >= 0.3 is 0 Å². The third-order valence-electron chi connectivity index (χ3n) is 2.75. The molecular formula is C16H17BrFNS. The zero-order valence-electron chi connectivity index (χ0n) is 11.5. The number of hydrogen-bond donors (Lipinski definition) is 1. The first-order valence-corrected chi connectivity index (χ1v) is 8.11. The lowest BCUT2D eigenvalue weighted by molar-refractivity contribution is 0.588. The summed E-state index contributed by atoms with van der Waals surface area (Å²) in [5.41, 5.74) is 1.24. The maximum Gasteiger partial charge on any atom is 0.123 e. The van der Waals surface area contributed by atoms with Crippen molar-refractivity contribution in [2.45, 2.75) is 36.2 Å². The van der Waals surface area contributed by atoms with Crippen molar-refractivity contribution in [2.75, 3.05) is 0 Å². The first-order valence-electron chi connectivity index (χ1n) is 6.50. The van der Waals surface area contributed by atoms with Gasteiger partial charge in [0, 0.05) is 26.9 Å². The van der Waals surface area contributed by atoms with E-state index in [0.29, 0.717) is 6.04 Å². The van der Waals surface area contributed by atoms with Crippen LogP contribution < -0.4 is 5.32 Å². The van der Waals surface area contributed by atoms with Crippen LogP contribution in [-0.2, 0) is 6.54 Å². The Labute approximate surface area is 132 Å². The molecule has 1 nitrogen and oxygen atoms in total. The highest BCUT2D eigenvalue weighted by Crippen LogP contribution is 2.34. The van der Waals surface area contributed by atoms with Crippen LogP contribution >= 0.6 is 27.7 Å². The summed E-state index contributed by atoms with van der Waals surface area (Å²) in [4.78, 5) is 2.16. The predicted molar refractivity (Wildman–Crippen MR) is 86.6 cm³/mol. The van der Waals surface area contributed by atoms with E-state index < -0.39 is 0 Å². The lowest BCUT2D eigenvalue weighted by Crippen LogP contribution is -2.21. The second-order valence-electron chi connectivity index (χ2n) is 4.86. The average molecular weight is 354 g/mol. The summed E-state index contributed by atoms with van der Waals surface area (Å²) in [6.07, 6.45) is 0. The van der Waals surface area contributed by atoms with Gasteiger partial charge in [-0.05, 0) is 57.9 Å². The fourth-order valence-electron chi connectivity index (χ4n) is 1.69. The number of nitrogens with one attached hydrogen (secondary N) is 1. The van der Waals surface area contributed by atoms with E-state index in [9.17, 15) is 4.39 Å². The highest BCUT2D eigenvalue weighted by Gasteiger charge is 2.05. The third kappa shape index (κ3) is 4.62. The summed E-state index contributed by atoms with van der Waals surface area (Å²) >= 11 is 5.23. The molecule has 20 heavy (non-hydrogen) atoms. The van der Waals surface area contributed by atoms with Crippen LogP contribution in [0.4, 0.5) is 4.39 Å². The summed E-state index contributed by atoms with van der Waals surface area (Å²) in [5, 5.41) is 3.40. The van der Waals surface area contributed by atoms with Gasteiger partial charge in [-0.1, -0.05) is 31.7 Å². The fraction of sp³-hybridized carbons (Fsp3) is 0.250. The molecule has 0 saturated carbocycles.